The van der Waals surface area contributed by atoms with Crippen molar-refractivity contribution < 1.29 is 30.3 Å². The van der Waals surface area contributed by atoms with E-state index in [1.807, 2.05) is 44.2 Å². The molecule has 0 atom stereocenters. The molecule has 0 spiro atoms. The molecule has 4 heterocycles. The molecule has 4 nitrogen and oxygen atoms in total. The van der Waals surface area contributed by atoms with Crippen LogP contribution in [0.25, 0.3) is 44.6 Å². The third-order valence-corrected chi connectivity index (χ3v) is 9.45. The maximum Gasteiger partial charge on any atom is 0.219 e. The van der Waals surface area contributed by atoms with E-state index in [1.165, 1.54) is 23.0 Å². The normalized spacial score (nSPS) is 12.3. The molecule has 0 bridgehead atoms. The third-order valence-electron chi connectivity index (χ3n) is 7.38. The predicted octanol–water partition coefficient (Wildman–Crippen LogP) is 9.79. The van der Waals surface area contributed by atoms with Crippen LogP contribution in [0.1, 0.15) is 53.0 Å². The summed E-state index contributed by atoms with van der Waals surface area (Å²) in [6, 6.07) is 25.2. The van der Waals surface area contributed by atoms with Crippen molar-refractivity contribution in [3.05, 3.63) is 108 Å². The van der Waals surface area contributed by atoms with E-state index in [0.717, 1.165) is 23.2 Å². The molecule has 0 amide bonds. The first kappa shape index (κ1) is 32.9. The second kappa shape index (κ2) is 13.9. The van der Waals surface area contributed by atoms with Crippen molar-refractivity contribution in [1.29, 1.82) is 0 Å². The molecule has 0 aliphatic rings. The van der Waals surface area contributed by atoms with Gasteiger partial charge in [-0.3, -0.25) is 0 Å². The molecule has 0 aliphatic carbocycles. The Hall–Kier alpha value is -3.51. The number of furan rings is 1. The Morgan fingerprint density at radius 3 is 2.36 bits per heavy atom. The molecule has 45 heavy (non-hydrogen) atoms. The van der Waals surface area contributed by atoms with E-state index < -0.39 is 14.0 Å². The van der Waals surface area contributed by atoms with Gasteiger partial charge < -0.3 is 14.4 Å². The summed E-state index contributed by atoms with van der Waals surface area (Å²) in [6.07, 6.45) is 6.25. The molecule has 0 saturated carbocycles. The summed E-state index contributed by atoms with van der Waals surface area (Å²) in [5.74, 6) is -1.11. The van der Waals surface area contributed by atoms with E-state index in [9.17, 15) is 4.39 Å². The molecule has 0 aliphatic heterocycles. The molecule has 0 fully saturated rings. The van der Waals surface area contributed by atoms with E-state index in [4.69, 9.17) is 10.8 Å². The van der Waals surface area contributed by atoms with Gasteiger partial charge in [-0.05, 0) is 46.4 Å². The molecule has 2 aromatic carbocycles. The number of benzene rings is 2. The van der Waals surface area contributed by atoms with Gasteiger partial charge in [-0.25, -0.2) is 9.37 Å². The second-order valence-corrected chi connectivity index (χ2v) is 18.6. The summed E-state index contributed by atoms with van der Waals surface area (Å²) in [5.41, 5.74) is 6.72. The fourth-order valence-corrected chi connectivity index (χ4v) is 6.86. The van der Waals surface area contributed by atoms with Gasteiger partial charge in [0.05, 0.1) is 19.0 Å². The monoisotopic (exact) mass is 795 g/mol. The number of hydrogen-bond donors (Lipinski definition) is 0. The molecule has 0 N–H and O–H groups in total. The van der Waals surface area contributed by atoms with Gasteiger partial charge in [-0.2, -0.15) is 0 Å². The van der Waals surface area contributed by atoms with Crippen molar-refractivity contribution in [3.63, 3.8) is 0 Å². The number of fused-ring (bicyclic) bond motifs is 3. The minimum Gasteiger partial charge on any atom is -0.486 e. The van der Waals surface area contributed by atoms with Gasteiger partial charge in [0, 0.05) is 40.1 Å². The summed E-state index contributed by atoms with van der Waals surface area (Å²) in [7, 11) is -1.37. The van der Waals surface area contributed by atoms with Gasteiger partial charge >= 0.3 is 0 Å². The summed E-state index contributed by atoms with van der Waals surface area (Å²) < 4.78 is 28.1. The summed E-state index contributed by atoms with van der Waals surface area (Å²) >= 11 is 0. The smallest absolute Gasteiger partial charge is 0.219 e. The van der Waals surface area contributed by atoms with Gasteiger partial charge in [-0.1, -0.05) is 88.5 Å². The first-order valence-corrected chi connectivity index (χ1v) is 18.4. The summed E-state index contributed by atoms with van der Waals surface area (Å²) in [5, 5.41) is 2.48. The number of rotatable bonds is 5. The molecular weight excluding hydrogens is 754 g/mol. The molecular formula is C38H40FIrN3OSi-2. The van der Waals surface area contributed by atoms with Crippen molar-refractivity contribution in [2.45, 2.75) is 66.6 Å². The third kappa shape index (κ3) is 8.02. The van der Waals surface area contributed by atoms with Crippen molar-refractivity contribution in [3.8, 4) is 22.5 Å². The Morgan fingerprint density at radius 1 is 0.933 bits per heavy atom. The number of aromatic nitrogens is 3. The van der Waals surface area contributed by atoms with Crippen molar-refractivity contribution in [2.24, 2.45) is 5.41 Å². The fourth-order valence-electron chi connectivity index (χ4n) is 5.28. The van der Waals surface area contributed by atoms with Crippen LogP contribution < -0.4 is 5.19 Å². The van der Waals surface area contributed by atoms with Gasteiger partial charge in [0.25, 0.3) is 0 Å². The topological polar surface area (TPSA) is 51.8 Å². The molecule has 6 aromatic rings. The Bertz CT molecular complexity index is 1960. The Kier molecular flexibility index (Phi) is 10.1. The van der Waals surface area contributed by atoms with Crippen LogP contribution in [0.5, 0.6) is 0 Å². The largest absolute Gasteiger partial charge is 0.486 e. The quantitative estimate of drug-likeness (QED) is 0.129. The van der Waals surface area contributed by atoms with E-state index in [2.05, 4.69) is 80.8 Å². The number of pyridine rings is 3. The maximum atomic E-state index is 14.2. The number of halogens is 1. The number of nitrogens with zero attached hydrogens (tertiary/aromatic N) is 3. The van der Waals surface area contributed by atoms with Crippen molar-refractivity contribution in [2.75, 3.05) is 0 Å². The average molecular weight is 795 g/mol. The standard InChI is InChI=1S/C19H14FN2O.C19H26NSi.Ir/c1-11(2)12-6-8-21-16(10-12)13-4-3-5-14-17-15(20)7-9-22-19(17)23-18(13)14;1-19(2,3)13-16-12-17(15-10-8-7-9-11-15)20-14-18(16)21(4,5)6;/h3,5-11H,1-2H3;7-10,12,14H,13H2,1-6H3;/q2*-1;/i11D;;. The van der Waals surface area contributed by atoms with Gasteiger partial charge in [-0.15, -0.1) is 54.1 Å². The van der Waals surface area contributed by atoms with Crippen LogP contribution >= 0.6 is 0 Å². The zero-order valence-electron chi connectivity index (χ0n) is 28.2. The van der Waals surface area contributed by atoms with Crippen LogP contribution in [0.4, 0.5) is 4.39 Å². The molecule has 6 rings (SSSR count). The molecule has 1 radical (unpaired) electrons. The molecule has 235 valence electrons. The van der Waals surface area contributed by atoms with Gasteiger partial charge in [0.2, 0.25) is 5.71 Å². The van der Waals surface area contributed by atoms with E-state index in [0.29, 0.717) is 27.6 Å². The SMILES string of the molecule is CC(C)(C)Cc1cc(-c2[c-]cccc2)ncc1[Si](C)(C)C.[2H]C(C)(C)c1ccnc(-c2[c-]ccc3c2oc2nccc(F)c23)c1.[Ir]. The molecule has 4 aromatic heterocycles. The minimum absolute atomic E-state index is 0. The van der Waals surface area contributed by atoms with E-state index in [-0.39, 0.29) is 37.1 Å². The Labute approximate surface area is 282 Å². The molecule has 0 unspecified atom stereocenters. The second-order valence-electron chi connectivity index (χ2n) is 13.6. The molecule has 0 saturated heterocycles. The summed E-state index contributed by atoms with van der Waals surface area (Å²) in [6.45, 7) is 17.7. The van der Waals surface area contributed by atoms with Crippen molar-refractivity contribution in [1.82, 2.24) is 15.0 Å². The van der Waals surface area contributed by atoms with Crippen molar-refractivity contribution >= 4 is 35.3 Å². The van der Waals surface area contributed by atoms with E-state index in [1.54, 1.807) is 18.3 Å². The van der Waals surface area contributed by atoms with Crippen LogP contribution in [-0.4, -0.2) is 23.0 Å². The Morgan fingerprint density at radius 2 is 1.69 bits per heavy atom. The van der Waals surface area contributed by atoms with Crippen LogP contribution in [0.15, 0.2) is 83.7 Å². The van der Waals surface area contributed by atoms with Crippen LogP contribution in [0, 0.1) is 23.4 Å². The van der Waals surface area contributed by atoms with Crippen LogP contribution in [-0.2, 0) is 26.5 Å². The zero-order chi connectivity index (χ0) is 32.6. The maximum absolute atomic E-state index is 14.2. The van der Waals surface area contributed by atoms with Gasteiger partial charge in [0.1, 0.15) is 5.82 Å². The Balaban J connectivity index is 0.000000207. The summed E-state index contributed by atoms with van der Waals surface area (Å²) in [4.78, 5) is 13.2. The fraction of sp³-hybridized carbons (Fsp3) is 0.289. The first-order chi connectivity index (χ1) is 21.1. The first-order valence-electron chi connectivity index (χ1n) is 15.4. The van der Waals surface area contributed by atoms with Gasteiger partial charge in [0.15, 0.2) is 0 Å². The van der Waals surface area contributed by atoms with Crippen LogP contribution in [0.3, 0.4) is 0 Å². The van der Waals surface area contributed by atoms with E-state index >= 15 is 0 Å². The number of hydrogen-bond acceptors (Lipinski definition) is 4. The predicted molar refractivity (Wildman–Crippen MR) is 182 cm³/mol. The zero-order valence-corrected chi connectivity index (χ0v) is 30.6. The molecule has 7 heteroatoms. The van der Waals surface area contributed by atoms with Crippen LogP contribution in [0.2, 0.25) is 19.6 Å². The minimum atomic E-state index is -1.37. The average Bonchev–Trinajstić information content (AvgIpc) is 3.36.